The Hall–Kier alpha value is -2.90. The Morgan fingerprint density at radius 3 is 2.33 bits per heavy atom. The lowest BCUT2D eigenvalue weighted by molar-refractivity contribution is -0.235. The zero-order valence-electron chi connectivity index (χ0n) is 20.8. The van der Waals surface area contributed by atoms with Crippen molar-refractivity contribution < 1.29 is 42.0 Å². The van der Waals surface area contributed by atoms with Crippen LogP contribution in [0.25, 0.3) is 0 Å². The standard InChI is InChI=1S/C24H27N3O11P2/c25-17-8-6-16(7-9-17)14-39(30,31)38-40(32,33)34-13-18-21-22(23(35-18)27-11-10-19(28)26-24(27)29)37-20(36-21)12-15-4-2-1-3-5-15/h1-11,18,20-23H,12-14,25H2,(H,30,31)(H,32,33)(H,26,28,29)/p-2/t18-,20?,21+,22?,23-/m1/s1. The summed E-state index contributed by atoms with van der Waals surface area (Å²) < 4.78 is 53.1. The van der Waals surface area contributed by atoms with E-state index in [4.69, 9.17) is 24.5 Å². The van der Waals surface area contributed by atoms with Gasteiger partial charge in [0.25, 0.3) is 13.4 Å². The van der Waals surface area contributed by atoms with Crippen LogP contribution in [0.2, 0.25) is 0 Å². The van der Waals surface area contributed by atoms with Crippen molar-refractivity contribution in [2.24, 2.45) is 0 Å². The van der Waals surface area contributed by atoms with E-state index in [-0.39, 0.29) is 5.56 Å². The minimum Gasteiger partial charge on any atom is -0.778 e. The molecule has 3 aromatic rings. The summed E-state index contributed by atoms with van der Waals surface area (Å²) in [6.07, 6.45) is -3.89. The van der Waals surface area contributed by atoms with Crippen LogP contribution in [0.5, 0.6) is 0 Å². The van der Waals surface area contributed by atoms with Gasteiger partial charge in [-0.1, -0.05) is 42.5 Å². The molecule has 0 aliphatic carbocycles. The Labute approximate surface area is 227 Å². The molecule has 4 unspecified atom stereocenters. The van der Waals surface area contributed by atoms with Crippen LogP contribution in [0.4, 0.5) is 5.69 Å². The third-order valence-corrected chi connectivity index (χ3v) is 9.26. The summed E-state index contributed by atoms with van der Waals surface area (Å²) in [5, 5.41) is 0. The average molecular weight is 593 g/mol. The molecule has 1 aromatic heterocycles. The molecule has 0 bridgehead atoms. The molecule has 16 heteroatoms. The number of phosphoric ester groups is 1. The second kappa shape index (κ2) is 11.5. The Bertz CT molecular complexity index is 1550. The van der Waals surface area contributed by atoms with Crippen molar-refractivity contribution in [3.8, 4) is 0 Å². The third-order valence-electron chi connectivity index (χ3n) is 6.25. The number of nitrogens with one attached hydrogen (secondary N) is 1. The molecule has 0 spiro atoms. The number of H-pyrrole nitrogens is 1. The van der Waals surface area contributed by atoms with Crippen LogP contribution < -0.4 is 26.8 Å². The Morgan fingerprint density at radius 2 is 1.62 bits per heavy atom. The fourth-order valence-electron chi connectivity index (χ4n) is 4.50. The highest BCUT2D eigenvalue weighted by molar-refractivity contribution is 7.62. The van der Waals surface area contributed by atoms with Gasteiger partial charge in [-0.05, 0) is 23.3 Å². The van der Waals surface area contributed by atoms with Gasteiger partial charge in [0.1, 0.15) is 25.9 Å². The molecule has 3 heterocycles. The van der Waals surface area contributed by atoms with Gasteiger partial charge in [0, 0.05) is 30.5 Å². The van der Waals surface area contributed by atoms with Gasteiger partial charge in [-0.2, -0.15) is 0 Å². The number of phosphoric acid groups is 1. The van der Waals surface area contributed by atoms with Crippen LogP contribution >= 0.6 is 15.4 Å². The fraction of sp³-hybridized carbons (Fsp3) is 0.333. The number of nitrogens with zero attached hydrogens (tertiary/aromatic N) is 1. The molecule has 0 radical (unpaired) electrons. The summed E-state index contributed by atoms with van der Waals surface area (Å²) in [7, 11) is -10.3. The largest absolute Gasteiger partial charge is 0.778 e. The molecule has 214 valence electrons. The third kappa shape index (κ3) is 6.87. The summed E-state index contributed by atoms with van der Waals surface area (Å²) in [5.74, 6) is 0. The first kappa shape index (κ1) is 28.6. The van der Waals surface area contributed by atoms with Crippen molar-refractivity contribution in [2.45, 2.75) is 43.4 Å². The predicted molar refractivity (Wildman–Crippen MR) is 136 cm³/mol. The number of hydrogen-bond acceptors (Lipinski definition) is 12. The summed E-state index contributed by atoms with van der Waals surface area (Å²) in [6, 6.07) is 16.2. The van der Waals surface area contributed by atoms with Gasteiger partial charge < -0.3 is 38.8 Å². The SMILES string of the molecule is Nc1ccc(CP(=O)([O-])OP(=O)([O-])OC[C@H]2O[C@@H](n3ccc(=O)[nH]c3=O)C3OC(Cc4ccccc4)O[C@H]32)cc1. The molecule has 0 saturated carbocycles. The number of fused-ring (bicyclic) bond motifs is 1. The van der Waals surface area contributed by atoms with Gasteiger partial charge in [-0.3, -0.25) is 23.2 Å². The molecule has 2 aliphatic heterocycles. The van der Waals surface area contributed by atoms with Crippen LogP contribution in [-0.4, -0.2) is 40.8 Å². The van der Waals surface area contributed by atoms with E-state index in [0.29, 0.717) is 12.1 Å². The smallest absolute Gasteiger partial charge is 0.330 e. The van der Waals surface area contributed by atoms with Crippen LogP contribution in [-0.2, 0) is 44.8 Å². The molecule has 2 aliphatic rings. The first-order chi connectivity index (χ1) is 19.0. The van der Waals surface area contributed by atoms with Crippen LogP contribution in [0, 0.1) is 0 Å². The Morgan fingerprint density at radius 1 is 0.925 bits per heavy atom. The molecular weight excluding hydrogens is 568 g/mol. The lowest BCUT2D eigenvalue weighted by Crippen LogP contribution is -2.36. The van der Waals surface area contributed by atoms with E-state index in [9.17, 15) is 28.5 Å². The highest BCUT2D eigenvalue weighted by Gasteiger charge is 2.54. The van der Waals surface area contributed by atoms with Crippen molar-refractivity contribution in [3.05, 3.63) is 98.8 Å². The normalized spacial score (nSPS) is 27.1. The Kier molecular flexibility index (Phi) is 8.25. The van der Waals surface area contributed by atoms with Gasteiger partial charge in [0.2, 0.25) is 0 Å². The highest BCUT2D eigenvalue weighted by Crippen LogP contribution is 2.57. The van der Waals surface area contributed by atoms with Crippen LogP contribution in [0.15, 0.2) is 76.4 Å². The van der Waals surface area contributed by atoms with Gasteiger partial charge in [-0.25, -0.2) is 4.79 Å². The predicted octanol–water partition coefficient (Wildman–Crippen LogP) is 0.624. The molecule has 14 nitrogen and oxygen atoms in total. The van der Waals surface area contributed by atoms with E-state index >= 15 is 0 Å². The maximum Gasteiger partial charge on any atom is 0.330 e. The topological polar surface area (TPSA) is 207 Å². The van der Waals surface area contributed by atoms with E-state index in [1.165, 1.54) is 30.5 Å². The van der Waals surface area contributed by atoms with Crippen LogP contribution in [0.3, 0.4) is 0 Å². The van der Waals surface area contributed by atoms with Crippen molar-refractivity contribution in [3.63, 3.8) is 0 Å². The van der Waals surface area contributed by atoms with E-state index in [2.05, 4.69) is 9.29 Å². The molecule has 5 rings (SSSR count). The average Bonchev–Trinajstić information content (AvgIpc) is 3.43. The quantitative estimate of drug-likeness (QED) is 0.245. The maximum absolute atomic E-state index is 12.5. The number of nitrogens with two attached hydrogens (primary N) is 1. The van der Waals surface area contributed by atoms with Crippen molar-refractivity contribution in [1.29, 1.82) is 0 Å². The van der Waals surface area contributed by atoms with Gasteiger partial charge >= 0.3 is 5.69 Å². The lowest BCUT2D eigenvalue weighted by atomic mass is 10.1. The molecule has 3 N–H and O–H groups in total. The van der Waals surface area contributed by atoms with Gasteiger partial charge in [-0.15, -0.1) is 0 Å². The first-order valence-corrected chi connectivity index (χ1v) is 15.3. The zero-order chi connectivity index (χ0) is 28.5. The highest BCUT2D eigenvalue weighted by atomic mass is 31.3. The molecular formula is C24H25N3O11P2-2. The van der Waals surface area contributed by atoms with E-state index < -0.39 is 70.3 Å². The number of anilines is 1. The minimum absolute atomic E-state index is 0.268. The van der Waals surface area contributed by atoms with E-state index in [0.717, 1.165) is 16.2 Å². The van der Waals surface area contributed by atoms with Gasteiger partial charge in [0.15, 0.2) is 12.5 Å². The number of ether oxygens (including phenoxy) is 3. The lowest BCUT2D eigenvalue weighted by Gasteiger charge is -2.32. The van der Waals surface area contributed by atoms with E-state index in [1.54, 1.807) is 0 Å². The van der Waals surface area contributed by atoms with Crippen molar-refractivity contribution in [2.75, 3.05) is 12.3 Å². The van der Waals surface area contributed by atoms with Crippen LogP contribution in [0.1, 0.15) is 17.4 Å². The Balaban J connectivity index is 1.29. The summed E-state index contributed by atoms with van der Waals surface area (Å²) in [4.78, 5) is 50.9. The second-order valence-electron chi connectivity index (χ2n) is 9.24. The monoisotopic (exact) mass is 593 g/mol. The maximum atomic E-state index is 12.5. The summed E-state index contributed by atoms with van der Waals surface area (Å²) in [5.41, 5.74) is 5.76. The zero-order valence-corrected chi connectivity index (χ0v) is 22.6. The fourth-order valence-corrected chi connectivity index (χ4v) is 7.13. The molecule has 2 aromatic carbocycles. The molecule has 0 amide bonds. The number of hydrogen-bond donors (Lipinski definition) is 2. The number of rotatable bonds is 10. The molecule has 2 saturated heterocycles. The van der Waals surface area contributed by atoms with E-state index in [1.807, 2.05) is 30.3 Å². The summed E-state index contributed by atoms with van der Waals surface area (Å²) >= 11 is 0. The van der Waals surface area contributed by atoms with Gasteiger partial charge in [0.05, 0.1) is 6.61 Å². The first-order valence-electron chi connectivity index (χ1n) is 12.1. The number of benzene rings is 2. The number of aromatic amines is 1. The second-order valence-corrected chi connectivity index (χ2v) is 12.6. The molecule has 2 fully saturated rings. The van der Waals surface area contributed by atoms with Crippen molar-refractivity contribution >= 4 is 21.1 Å². The molecule has 7 atom stereocenters. The van der Waals surface area contributed by atoms with Crippen molar-refractivity contribution in [1.82, 2.24) is 9.55 Å². The summed E-state index contributed by atoms with van der Waals surface area (Å²) in [6.45, 7) is -0.695. The molecule has 40 heavy (non-hydrogen) atoms. The number of aromatic nitrogens is 2. The number of nitrogen functional groups attached to an aromatic ring is 1. The minimum atomic E-state index is -5.37.